The Balaban J connectivity index is -0.000000116. The van der Waals surface area contributed by atoms with Crippen LogP contribution in [0.4, 0.5) is 0 Å². The van der Waals surface area contributed by atoms with E-state index in [2.05, 4.69) is 11.5 Å². The molecule has 2 unspecified atom stereocenters. The van der Waals surface area contributed by atoms with Crippen LogP contribution in [0, 0.1) is 0 Å². The number of rotatable bonds is 6. The van der Waals surface area contributed by atoms with Gasteiger partial charge in [0.2, 0.25) is 0 Å². The van der Waals surface area contributed by atoms with Gasteiger partial charge in [-0.05, 0) is 0 Å². The van der Waals surface area contributed by atoms with Gasteiger partial charge in [-0.1, -0.05) is 0 Å². The Labute approximate surface area is 125 Å². The Hall–Kier alpha value is -1.43. The molecule has 0 amide bonds. The van der Waals surface area contributed by atoms with Crippen molar-refractivity contribution in [3.63, 3.8) is 0 Å². The molecule has 19 heavy (non-hydrogen) atoms. The van der Waals surface area contributed by atoms with E-state index in [1.165, 1.54) is 0 Å². The molecule has 10 nitrogen and oxygen atoms in total. The van der Waals surface area contributed by atoms with Crippen LogP contribution >= 0.6 is 0 Å². The maximum atomic E-state index is 9.77. The Morgan fingerprint density at radius 2 is 1.00 bits per heavy atom. The van der Waals surface area contributed by atoms with Gasteiger partial charge in [-0.25, -0.2) is 0 Å². The summed E-state index contributed by atoms with van der Waals surface area (Å²) in [6, 6.07) is -2.43. The van der Waals surface area contributed by atoms with Gasteiger partial charge in [0.05, 0.1) is 11.9 Å². The summed E-state index contributed by atoms with van der Waals surface area (Å²) in [5, 5.41) is 38.9. The summed E-state index contributed by atoms with van der Waals surface area (Å²) in [6.07, 6.45) is -1.19. The first-order valence-electron chi connectivity index (χ1n) is 4.55. The molecule has 0 saturated heterocycles. The average Bonchev–Trinajstić information content (AvgIpc) is 2.16. The fourth-order valence-electron chi connectivity index (χ4n) is 0.569. The fraction of sp³-hybridized carbons (Fsp3) is 0.500. The molecule has 104 valence electrons. The predicted octanol–water partition coefficient (Wildman–Crippen LogP) is -9.29. The molecule has 11 heteroatoms. The quantitative estimate of drug-likeness (QED) is 0.446. The molecule has 0 radical (unpaired) electrons. The van der Waals surface area contributed by atoms with Gasteiger partial charge in [-0.3, -0.25) is 0 Å². The van der Waals surface area contributed by atoms with Gasteiger partial charge in [0, 0.05) is 24.8 Å². The monoisotopic (exact) mass is 289 g/mol. The molecule has 0 spiro atoms. The summed E-state index contributed by atoms with van der Waals surface area (Å²) in [5.74, 6) is -5.81. The van der Waals surface area contributed by atoms with E-state index in [0.29, 0.717) is 0 Å². The summed E-state index contributed by atoms with van der Waals surface area (Å²) in [4.78, 5) is 38.9. The van der Waals surface area contributed by atoms with Gasteiger partial charge in [0.1, 0.15) is 12.1 Å². The molecule has 0 fully saturated rings. The third kappa shape index (κ3) is 16.6. The van der Waals surface area contributed by atoms with Crippen LogP contribution in [-0.4, -0.2) is 59.0 Å². The van der Waals surface area contributed by atoms with E-state index in [1.807, 2.05) is 0 Å². The molecule has 0 aromatic heterocycles. The molecule has 0 heterocycles. The first kappa shape index (κ1) is 22.7. The van der Waals surface area contributed by atoms with Crippen LogP contribution in [0.15, 0.2) is 0 Å². The number of quaternary nitrogens is 2. The Morgan fingerprint density at radius 1 is 0.789 bits per heavy atom. The van der Waals surface area contributed by atoms with Crippen LogP contribution in [0.5, 0.6) is 0 Å². The van der Waals surface area contributed by atoms with Crippen molar-refractivity contribution < 1.29 is 52.5 Å². The van der Waals surface area contributed by atoms with Gasteiger partial charge in [-0.2, -0.15) is 0 Å². The molecular weight excluding hydrogens is 276 g/mol. The molecule has 0 bridgehead atoms. The van der Waals surface area contributed by atoms with Gasteiger partial charge in [-0.15, -0.1) is 0 Å². The van der Waals surface area contributed by atoms with Crippen molar-refractivity contribution in [3.8, 4) is 0 Å². The van der Waals surface area contributed by atoms with E-state index >= 15 is 0 Å². The maximum absolute atomic E-state index is 9.77. The van der Waals surface area contributed by atoms with E-state index in [1.54, 1.807) is 0 Å². The molecule has 2 atom stereocenters. The Morgan fingerprint density at radius 3 is 1.05 bits per heavy atom. The largest absolute Gasteiger partial charge is 2.00 e. The molecular formula is C8H13MgN2O8+. The third-order valence-electron chi connectivity index (χ3n) is 1.49. The predicted molar refractivity (Wildman–Crippen MR) is 49.5 cm³/mol. The van der Waals surface area contributed by atoms with Gasteiger partial charge >= 0.3 is 24.5 Å². The van der Waals surface area contributed by atoms with Gasteiger partial charge in [0.15, 0.2) is 0 Å². The molecule has 0 aliphatic rings. The maximum Gasteiger partial charge on any atom is 2.00 e. The second kappa shape index (κ2) is 11.6. The molecule has 0 aliphatic heterocycles. The number of hydrogen-bond acceptors (Lipinski definition) is 8. The van der Waals surface area contributed by atoms with E-state index in [0.717, 1.165) is 0 Å². The van der Waals surface area contributed by atoms with Crippen LogP contribution < -0.4 is 31.9 Å². The smallest absolute Gasteiger partial charge is 0.550 e. The zero-order valence-electron chi connectivity index (χ0n) is 11.0. The average molecular weight is 290 g/mol. The van der Waals surface area contributed by atoms with Gasteiger partial charge < -0.3 is 51.1 Å². The number of aliphatic carboxylic acids is 4. The zero-order valence-corrected chi connectivity index (χ0v) is 11.4. The number of carbonyl (C=O) groups is 4. The van der Waals surface area contributed by atoms with E-state index in [4.69, 9.17) is 0 Å². The SMILES string of the molecule is [H+].[Mg+2].[NH3+]C(CC(=O)[O-])C(=O)[O-].[NH3+]C(CC(=O)[O-])C(=O)[O-]. The van der Waals surface area contributed by atoms with Crippen LogP contribution in [0.25, 0.3) is 0 Å². The second-order valence-electron chi connectivity index (χ2n) is 3.18. The zero-order chi connectivity index (χ0) is 14.9. The number of carbonyl (C=O) groups excluding carboxylic acids is 4. The van der Waals surface area contributed by atoms with Crippen LogP contribution in [0.1, 0.15) is 14.3 Å². The molecule has 0 aliphatic carbocycles. The molecule has 0 rings (SSSR count). The molecule has 0 saturated carbocycles. The van der Waals surface area contributed by atoms with Crippen molar-refractivity contribution in [2.75, 3.05) is 0 Å². The normalized spacial score (nSPS) is 11.9. The van der Waals surface area contributed by atoms with Crippen molar-refractivity contribution in [1.82, 2.24) is 0 Å². The van der Waals surface area contributed by atoms with Crippen molar-refractivity contribution in [1.29, 1.82) is 0 Å². The molecule has 0 aromatic rings. The fourth-order valence-corrected chi connectivity index (χ4v) is 0.569. The minimum atomic E-state index is -1.47. The summed E-state index contributed by atoms with van der Waals surface area (Å²) >= 11 is 0. The van der Waals surface area contributed by atoms with Gasteiger partial charge in [0.25, 0.3) is 0 Å². The minimum absolute atomic E-state index is 0. The van der Waals surface area contributed by atoms with Crippen molar-refractivity contribution in [3.05, 3.63) is 0 Å². The summed E-state index contributed by atoms with van der Waals surface area (Å²) in [5.41, 5.74) is 5.99. The Kier molecular flexibility index (Phi) is 13.9. The van der Waals surface area contributed by atoms with E-state index in [9.17, 15) is 39.6 Å². The van der Waals surface area contributed by atoms with Crippen molar-refractivity contribution in [2.45, 2.75) is 24.9 Å². The van der Waals surface area contributed by atoms with E-state index < -0.39 is 48.8 Å². The standard InChI is InChI=1S/2C4H7NO4.Mg/c2*5-2(4(8)9)1-3(6)7;/h2*2H,1,5H2,(H,6,7)(H,8,9);/q;;+2/p-1. The van der Waals surface area contributed by atoms with E-state index in [-0.39, 0.29) is 24.5 Å². The van der Waals surface area contributed by atoms with Crippen molar-refractivity contribution in [2.24, 2.45) is 0 Å². The molecule has 6 N–H and O–H groups in total. The third-order valence-corrected chi connectivity index (χ3v) is 1.49. The van der Waals surface area contributed by atoms with Crippen LogP contribution in [0.3, 0.4) is 0 Å². The number of carboxylic acids is 4. The summed E-state index contributed by atoms with van der Waals surface area (Å²) < 4.78 is 0. The molecule has 0 aromatic carbocycles. The Bertz CT molecular complexity index is 308. The summed E-state index contributed by atoms with van der Waals surface area (Å²) in [7, 11) is 0. The number of carboxylic acid groups (broad SMARTS) is 4. The second-order valence-corrected chi connectivity index (χ2v) is 3.18. The first-order chi connectivity index (χ1) is 8.07. The van der Waals surface area contributed by atoms with Crippen molar-refractivity contribution >= 4 is 46.9 Å². The van der Waals surface area contributed by atoms with Crippen LogP contribution in [0.2, 0.25) is 0 Å². The minimum Gasteiger partial charge on any atom is -0.550 e. The topological polar surface area (TPSA) is 216 Å². The van der Waals surface area contributed by atoms with Crippen LogP contribution in [-0.2, 0) is 19.2 Å². The summed E-state index contributed by atoms with van der Waals surface area (Å²) in [6.45, 7) is 0. The number of hydrogen-bond donors (Lipinski definition) is 2. The first-order valence-corrected chi connectivity index (χ1v) is 4.55.